The zero-order chi connectivity index (χ0) is 20.0. The number of ether oxygens (including phenoxy) is 1. The summed E-state index contributed by atoms with van der Waals surface area (Å²) in [5.74, 6) is -0.256. The van der Waals surface area contributed by atoms with Crippen LogP contribution in [-0.4, -0.2) is 36.5 Å². The van der Waals surface area contributed by atoms with Crippen LogP contribution >= 0.6 is 0 Å². The molecule has 0 spiro atoms. The van der Waals surface area contributed by atoms with Gasteiger partial charge in [0.2, 0.25) is 5.88 Å². The van der Waals surface area contributed by atoms with Gasteiger partial charge in [0, 0.05) is 25.4 Å². The number of alkyl halides is 6. The van der Waals surface area contributed by atoms with Gasteiger partial charge in [0.15, 0.2) is 6.61 Å². The van der Waals surface area contributed by atoms with Crippen LogP contribution in [0, 0.1) is 5.41 Å². The number of carbonyl (C=O) groups excluding carboxylic acids is 1. The molecule has 0 radical (unpaired) electrons. The standard InChI is InChI=1S/C15H19F6N3O2/c1-13(2,15(19,20)21)4-6-23-12(25)24-8-10-3-5-22-11(7-10)26-9-14(16,17)18/h3,5,7H,4,6,8-9H2,1-2H3,(H2,23,24,25). The fraction of sp³-hybridized carbons (Fsp3) is 0.600. The number of urea groups is 1. The van der Waals surface area contributed by atoms with Crippen LogP contribution in [0.25, 0.3) is 0 Å². The lowest BCUT2D eigenvalue weighted by atomic mass is 9.89. The zero-order valence-electron chi connectivity index (χ0n) is 14.1. The van der Waals surface area contributed by atoms with Gasteiger partial charge in [-0.15, -0.1) is 0 Å². The number of aromatic nitrogens is 1. The van der Waals surface area contributed by atoms with Gasteiger partial charge in [-0.05, 0) is 18.1 Å². The van der Waals surface area contributed by atoms with Crippen molar-refractivity contribution in [3.05, 3.63) is 23.9 Å². The van der Waals surface area contributed by atoms with Gasteiger partial charge in [-0.2, -0.15) is 26.3 Å². The number of carbonyl (C=O) groups is 1. The van der Waals surface area contributed by atoms with Crippen molar-refractivity contribution < 1.29 is 35.9 Å². The predicted octanol–water partition coefficient (Wildman–Crippen LogP) is 3.80. The minimum Gasteiger partial charge on any atom is -0.468 e. The quantitative estimate of drug-likeness (QED) is 0.700. The summed E-state index contributed by atoms with van der Waals surface area (Å²) in [6.07, 6.45) is -7.96. The molecule has 0 fully saturated rings. The average Bonchev–Trinajstić information content (AvgIpc) is 2.49. The van der Waals surface area contributed by atoms with Crippen molar-refractivity contribution in [1.29, 1.82) is 0 Å². The second-order valence-corrected chi connectivity index (χ2v) is 6.15. The summed E-state index contributed by atoms with van der Waals surface area (Å²) in [7, 11) is 0. The monoisotopic (exact) mass is 387 g/mol. The Morgan fingerprint density at radius 1 is 1.15 bits per heavy atom. The van der Waals surface area contributed by atoms with Gasteiger partial charge in [0.05, 0.1) is 5.41 Å². The molecule has 0 bridgehead atoms. The molecule has 11 heteroatoms. The molecule has 1 rings (SSSR count). The van der Waals surface area contributed by atoms with Crippen molar-refractivity contribution >= 4 is 6.03 Å². The van der Waals surface area contributed by atoms with E-state index in [1.54, 1.807) is 0 Å². The Hall–Kier alpha value is -2.20. The van der Waals surface area contributed by atoms with Gasteiger partial charge >= 0.3 is 18.4 Å². The molecule has 0 unspecified atom stereocenters. The number of amides is 2. The fourth-order valence-corrected chi connectivity index (χ4v) is 1.67. The molecule has 0 saturated carbocycles. The van der Waals surface area contributed by atoms with Crippen LogP contribution in [0.15, 0.2) is 18.3 Å². The summed E-state index contributed by atoms with van der Waals surface area (Å²) in [6, 6.07) is 1.98. The first-order chi connectivity index (χ1) is 11.8. The highest BCUT2D eigenvalue weighted by atomic mass is 19.4. The first-order valence-corrected chi connectivity index (χ1v) is 7.53. The Bertz CT molecular complexity index is 602. The van der Waals surface area contributed by atoms with E-state index in [1.807, 2.05) is 0 Å². The molecule has 0 aliphatic carbocycles. The van der Waals surface area contributed by atoms with E-state index in [0.29, 0.717) is 5.56 Å². The summed E-state index contributed by atoms with van der Waals surface area (Å²) >= 11 is 0. The number of halogens is 6. The molecule has 1 aromatic rings. The number of pyridine rings is 1. The zero-order valence-corrected chi connectivity index (χ0v) is 14.1. The van der Waals surface area contributed by atoms with Crippen molar-refractivity contribution in [2.45, 2.75) is 39.2 Å². The van der Waals surface area contributed by atoms with Crippen LogP contribution < -0.4 is 15.4 Å². The Kier molecular flexibility index (Phi) is 7.10. The lowest BCUT2D eigenvalue weighted by molar-refractivity contribution is -0.213. The van der Waals surface area contributed by atoms with E-state index in [1.165, 1.54) is 18.3 Å². The molecule has 0 atom stereocenters. The summed E-state index contributed by atoms with van der Waals surface area (Å²) in [5, 5.41) is 4.68. The molecule has 26 heavy (non-hydrogen) atoms. The van der Waals surface area contributed by atoms with Crippen molar-refractivity contribution in [3.8, 4) is 5.88 Å². The van der Waals surface area contributed by atoms with Gasteiger partial charge in [-0.3, -0.25) is 0 Å². The topological polar surface area (TPSA) is 63.2 Å². The van der Waals surface area contributed by atoms with Crippen molar-refractivity contribution in [2.24, 2.45) is 5.41 Å². The van der Waals surface area contributed by atoms with E-state index < -0.39 is 30.4 Å². The molecule has 0 saturated heterocycles. The first-order valence-electron chi connectivity index (χ1n) is 7.53. The molecule has 148 valence electrons. The third-order valence-corrected chi connectivity index (χ3v) is 3.44. The Morgan fingerprint density at radius 3 is 2.38 bits per heavy atom. The van der Waals surface area contributed by atoms with Crippen LogP contribution in [0.3, 0.4) is 0 Å². The maximum absolute atomic E-state index is 12.7. The molecule has 5 nitrogen and oxygen atoms in total. The average molecular weight is 387 g/mol. The van der Waals surface area contributed by atoms with Gasteiger partial charge in [0.1, 0.15) is 0 Å². The highest BCUT2D eigenvalue weighted by Gasteiger charge is 2.46. The second-order valence-electron chi connectivity index (χ2n) is 6.15. The highest BCUT2D eigenvalue weighted by molar-refractivity contribution is 5.73. The van der Waals surface area contributed by atoms with Crippen molar-refractivity contribution in [2.75, 3.05) is 13.2 Å². The lowest BCUT2D eigenvalue weighted by Gasteiger charge is -2.27. The maximum Gasteiger partial charge on any atom is 0.422 e. The van der Waals surface area contributed by atoms with Crippen molar-refractivity contribution in [1.82, 2.24) is 15.6 Å². The second kappa shape index (κ2) is 8.45. The predicted molar refractivity (Wildman–Crippen MR) is 80.5 cm³/mol. The molecular weight excluding hydrogens is 368 g/mol. The lowest BCUT2D eigenvalue weighted by Crippen LogP contribution is -2.40. The molecule has 0 aliphatic rings. The molecule has 1 aromatic heterocycles. The molecule has 1 heterocycles. The van der Waals surface area contributed by atoms with Gasteiger partial charge in [-0.1, -0.05) is 13.8 Å². The molecule has 0 aliphatic heterocycles. The summed E-state index contributed by atoms with van der Waals surface area (Å²) in [4.78, 5) is 15.2. The SMILES string of the molecule is CC(C)(CCNC(=O)NCc1ccnc(OCC(F)(F)F)c1)C(F)(F)F. The molecular formula is C15H19F6N3O2. The number of hydrogen-bond acceptors (Lipinski definition) is 3. The third kappa shape index (κ3) is 7.79. The Balaban J connectivity index is 2.41. The summed E-state index contributed by atoms with van der Waals surface area (Å²) in [5.41, 5.74) is -1.52. The third-order valence-electron chi connectivity index (χ3n) is 3.44. The van der Waals surface area contributed by atoms with E-state index in [-0.39, 0.29) is 25.4 Å². The highest BCUT2D eigenvalue weighted by Crippen LogP contribution is 2.39. The van der Waals surface area contributed by atoms with Crippen LogP contribution in [-0.2, 0) is 6.54 Å². The largest absolute Gasteiger partial charge is 0.468 e. The Morgan fingerprint density at radius 2 is 1.81 bits per heavy atom. The van der Waals surface area contributed by atoms with E-state index >= 15 is 0 Å². The summed E-state index contributed by atoms with van der Waals surface area (Å²) < 4.78 is 78.8. The van der Waals surface area contributed by atoms with E-state index in [4.69, 9.17) is 0 Å². The summed E-state index contributed by atoms with van der Waals surface area (Å²) in [6.45, 7) is 0.332. The fourth-order valence-electron chi connectivity index (χ4n) is 1.67. The number of rotatable bonds is 7. The Labute approximate surface area is 146 Å². The van der Waals surface area contributed by atoms with E-state index in [9.17, 15) is 31.1 Å². The van der Waals surface area contributed by atoms with Crippen molar-refractivity contribution in [3.63, 3.8) is 0 Å². The number of nitrogens with one attached hydrogen (secondary N) is 2. The molecule has 2 amide bonds. The first kappa shape index (κ1) is 21.8. The van der Waals surface area contributed by atoms with E-state index in [0.717, 1.165) is 13.8 Å². The van der Waals surface area contributed by atoms with Crippen LogP contribution in [0.5, 0.6) is 5.88 Å². The normalized spacial score (nSPS) is 12.6. The number of nitrogens with zero attached hydrogens (tertiary/aromatic N) is 1. The van der Waals surface area contributed by atoms with Crippen LogP contribution in [0.1, 0.15) is 25.8 Å². The maximum atomic E-state index is 12.7. The van der Waals surface area contributed by atoms with Gasteiger partial charge in [-0.25, -0.2) is 9.78 Å². The number of hydrogen-bond donors (Lipinski definition) is 2. The van der Waals surface area contributed by atoms with Crippen LogP contribution in [0.4, 0.5) is 31.1 Å². The molecule has 0 aromatic carbocycles. The minimum absolute atomic E-state index is 0.0562. The molecule has 2 N–H and O–H groups in total. The van der Waals surface area contributed by atoms with Gasteiger partial charge in [0.25, 0.3) is 0 Å². The van der Waals surface area contributed by atoms with Crippen LogP contribution in [0.2, 0.25) is 0 Å². The van der Waals surface area contributed by atoms with Gasteiger partial charge < -0.3 is 15.4 Å². The smallest absolute Gasteiger partial charge is 0.422 e. The van der Waals surface area contributed by atoms with E-state index in [2.05, 4.69) is 20.4 Å². The minimum atomic E-state index is -4.50.